The van der Waals surface area contributed by atoms with Gasteiger partial charge in [-0.2, -0.15) is 0 Å². The Morgan fingerprint density at radius 3 is 1.68 bits per heavy atom. The first-order valence-corrected chi connectivity index (χ1v) is 20.9. The second-order valence-electron chi connectivity index (χ2n) is 16.0. The van der Waals surface area contributed by atoms with Gasteiger partial charge < -0.3 is 4.57 Å². The molecule has 0 aliphatic rings. The van der Waals surface area contributed by atoms with Crippen LogP contribution < -0.4 is 5.56 Å². The van der Waals surface area contributed by atoms with Gasteiger partial charge in [-0.1, -0.05) is 121 Å². The number of fused-ring (bicyclic) bond motifs is 17. The first kappa shape index (κ1) is 31.5. The van der Waals surface area contributed by atoms with Crippen LogP contribution in [-0.4, -0.2) is 8.97 Å². The van der Waals surface area contributed by atoms with Crippen LogP contribution in [0.25, 0.3) is 129 Å². The van der Waals surface area contributed by atoms with Crippen molar-refractivity contribution in [2.75, 3.05) is 0 Å². The van der Waals surface area contributed by atoms with E-state index >= 15 is 0 Å². The number of hydrogen-bond acceptors (Lipinski definition) is 2. The summed E-state index contributed by atoms with van der Waals surface area (Å²) in [7, 11) is 0. The van der Waals surface area contributed by atoms with Crippen molar-refractivity contribution in [3.05, 3.63) is 192 Å². The minimum Gasteiger partial charge on any atom is -0.309 e. The number of benzene rings is 10. The highest BCUT2D eigenvalue weighted by atomic mass is 32.1. The van der Waals surface area contributed by atoms with E-state index in [1.54, 1.807) is 0 Å². The fraction of sp³-hybridized carbons (Fsp3) is 0. The molecule has 14 rings (SSSR count). The highest BCUT2D eigenvalue weighted by molar-refractivity contribution is 7.25. The van der Waals surface area contributed by atoms with Crippen LogP contribution in [0.1, 0.15) is 0 Å². The van der Waals surface area contributed by atoms with E-state index in [1.165, 1.54) is 74.3 Å². The predicted octanol–water partition coefficient (Wildman–Crippen LogP) is 14.8. The molecule has 0 bridgehead atoms. The van der Waals surface area contributed by atoms with Crippen molar-refractivity contribution in [2.24, 2.45) is 0 Å². The molecule has 4 heteroatoms. The lowest BCUT2D eigenvalue weighted by molar-refractivity contribution is 1.19. The summed E-state index contributed by atoms with van der Waals surface area (Å²) < 4.78 is 7.01. The van der Waals surface area contributed by atoms with Gasteiger partial charge in [-0.15, -0.1) is 11.3 Å². The smallest absolute Gasteiger partial charge is 0.263 e. The molecule has 0 atom stereocenters. The van der Waals surface area contributed by atoms with Crippen molar-refractivity contribution in [2.45, 2.75) is 0 Å². The van der Waals surface area contributed by atoms with Crippen LogP contribution in [0.3, 0.4) is 0 Å². The Balaban J connectivity index is 1.03. The minimum absolute atomic E-state index is 0.0309. The summed E-state index contributed by atoms with van der Waals surface area (Å²) >= 11 is 1.87. The summed E-state index contributed by atoms with van der Waals surface area (Å²) in [6.07, 6.45) is 0. The standard InChI is InChI=1S/C55H30N2OS/c58-55-43-15-4-3-12-36(43)41-16-9-17-42-46-27-32(21-25-50(46)57(55)54(41)42)31-20-23-37-34-10-1-2-11-35(34)38-24-22-33(28-45(38)44(37)26-31)56-49-18-7-5-13-39(49)47-29-48-40-14-6-8-19-52(40)59-53(48)30-51(47)56/h1-30H. The molecule has 0 N–H and O–H groups in total. The molecule has 10 aromatic carbocycles. The Bertz CT molecular complexity index is 4220. The van der Waals surface area contributed by atoms with Crippen molar-refractivity contribution in [1.82, 2.24) is 8.97 Å². The lowest BCUT2D eigenvalue weighted by atomic mass is 9.91. The van der Waals surface area contributed by atoms with Gasteiger partial charge in [-0.05, 0) is 109 Å². The Morgan fingerprint density at radius 1 is 0.322 bits per heavy atom. The Labute approximate surface area is 340 Å². The van der Waals surface area contributed by atoms with E-state index in [-0.39, 0.29) is 5.56 Å². The molecule has 4 aromatic heterocycles. The third-order valence-electron chi connectivity index (χ3n) is 13.0. The number of para-hydroxylation sites is 2. The van der Waals surface area contributed by atoms with Crippen molar-refractivity contribution in [3.8, 4) is 16.8 Å². The van der Waals surface area contributed by atoms with Gasteiger partial charge in [-0.25, -0.2) is 0 Å². The molecule has 0 aliphatic heterocycles. The van der Waals surface area contributed by atoms with Gasteiger partial charge in [0.05, 0.1) is 22.1 Å². The quantitative estimate of drug-likeness (QED) is 0.161. The number of hydrogen-bond donors (Lipinski definition) is 0. The van der Waals surface area contributed by atoms with Gasteiger partial charge in [0, 0.05) is 58.2 Å². The first-order valence-electron chi connectivity index (χ1n) is 20.1. The van der Waals surface area contributed by atoms with E-state index in [0.29, 0.717) is 0 Å². The number of aromatic nitrogens is 2. The van der Waals surface area contributed by atoms with Gasteiger partial charge in [0.1, 0.15) is 0 Å². The molecular formula is C55H30N2OS. The fourth-order valence-electron chi connectivity index (χ4n) is 10.4. The monoisotopic (exact) mass is 766 g/mol. The van der Waals surface area contributed by atoms with Crippen LogP contribution in [0.15, 0.2) is 187 Å². The predicted molar refractivity (Wildman–Crippen MR) is 253 cm³/mol. The molecule has 0 amide bonds. The van der Waals surface area contributed by atoms with Gasteiger partial charge >= 0.3 is 0 Å². The maximum atomic E-state index is 14.0. The largest absolute Gasteiger partial charge is 0.309 e. The third kappa shape index (κ3) is 4.13. The zero-order chi connectivity index (χ0) is 38.5. The molecule has 59 heavy (non-hydrogen) atoms. The lowest BCUT2D eigenvalue weighted by Gasteiger charge is -2.15. The van der Waals surface area contributed by atoms with Crippen molar-refractivity contribution in [1.29, 1.82) is 0 Å². The first-order chi connectivity index (χ1) is 29.2. The Hall–Kier alpha value is -7.53. The normalized spacial score (nSPS) is 12.5. The molecule has 0 saturated heterocycles. The molecule has 0 aliphatic carbocycles. The molecule has 0 radical (unpaired) electrons. The van der Waals surface area contributed by atoms with Crippen LogP contribution >= 0.6 is 11.3 Å². The number of rotatable bonds is 2. The van der Waals surface area contributed by atoms with Crippen molar-refractivity contribution < 1.29 is 0 Å². The highest BCUT2D eigenvalue weighted by Crippen LogP contribution is 2.43. The van der Waals surface area contributed by atoms with Crippen LogP contribution in [0.2, 0.25) is 0 Å². The Morgan fingerprint density at radius 2 is 0.881 bits per heavy atom. The molecule has 14 aromatic rings. The highest BCUT2D eigenvalue weighted by Gasteiger charge is 2.20. The second-order valence-corrected chi connectivity index (χ2v) is 17.1. The van der Waals surface area contributed by atoms with Crippen LogP contribution in [0.5, 0.6) is 0 Å². The zero-order valence-electron chi connectivity index (χ0n) is 31.5. The average molecular weight is 767 g/mol. The van der Waals surface area contributed by atoms with Crippen LogP contribution in [0.4, 0.5) is 0 Å². The van der Waals surface area contributed by atoms with E-state index in [2.05, 4.69) is 168 Å². The summed E-state index contributed by atoms with van der Waals surface area (Å²) in [5, 5.41) is 17.6. The molecule has 4 heterocycles. The summed E-state index contributed by atoms with van der Waals surface area (Å²) in [6, 6.07) is 66.2. The summed E-state index contributed by atoms with van der Waals surface area (Å²) in [5.41, 5.74) is 7.80. The summed E-state index contributed by atoms with van der Waals surface area (Å²) in [4.78, 5) is 14.0. The molecule has 0 spiro atoms. The minimum atomic E-state index is 0.0309. The van der Waals surface area contributed by atoms with Crippen molar-refractivity contribution in [3.63, 3.8) is 0 Å². The lowest BCUT2D eigenvalue weighted by Crippen LogP contribution is -2.12. The number of nitrogens with zero attached hydrogens (tertiary/aromatic N) is 2. The second kappa shape index (κ2) is 11.3. The van der Waals surface area contributed by atoms with Gasteiger partial charge in [-0.3, -0.25) is 9.20 Å². The van der Waals surface area contributed by atoms with Gasteiger partial charge in [0.25, 0.3) is 5.56 Å². The van der Waals surface area contributed by atoms with Crippen LogP contribution in [0, 0.1) is 0 Å². The molecule has 0 saturated carbocycles. The van der Waals surface area contributed by atoms with Gasteiger partial charge in [0.15, 0.2) is 0 Å². The van der Waals surface area contributed by atoms with E-state index in [0.717, 1.165) is 54.8 Å². The maximum absolute atomic E-state index is 14.0. The Kier molecular flexibility index (Phi) is 6.05. The molecule has 272 valence electrons. The molecular weight excluding hydrogens is 737 g/mol. The van der Waals surface area contributed by atoms with E-state index in [1.807, 2.05) is 33.9 Å². The third-order valence-corrected chi connectivity index (χ3v) is 14.2. The zero-order valence-corrected chi connectivity index (χ0v) is 32.3. The average Bonchev–Trinajstić information content (AvgIpc) is 3.94. The molecule has 3 nitrogen and oxygen atoms in total. The fourth-order valence-corrected chi connectivity index (χ4v) is 11.6. The van der Waals surface area contributed by atoms with E-state index in [4.69, 9.17) is 0 Å². The topological polar surface area (TPSA) is 26.4 Å². The number of thiophene rings is 1. The summed E-state index contributed by atoms with van der Waals surface area (Å²) in [5.74, 6) is 0. The SMILES string of the molecule is O=c1c2ccccc2c2cccc3c4cc(-c5ccc6c7ccccc7c7ccc(-n8c9ccccc9c9cc%10c(cc98)sc8ccccc8%10)cc7c6c5)ccc4n1c23. The van der Waals surface area contributed by atoms with Gasteiger partial charge in [0.2, 0.25) is 0 Å². The molecule has 0 fully saturated rings. The maximum Gasteiger partial charge on any atom is 0.263 e. The molecule has 0 unspecified atom stereocenters. The van der Waals surface area contributed by atoms with Crippen molar-refractivity contribution >= 4 is 124 Å². The van der Waals surface area contributed by atoms with Crippen LogP contribution in [-0.2, 0) is 0 Å². The van der Waals surface area contributed by atoms with E-state index in [9.17, 15) is 4.79 Å². The summed E-state index contributed by atoms with van der Waals surface area (Å²) in [6.45, 7) is 0. The van der Waals surface area contributed by atoms with E-state index < -0.39 is 0 Å². The number of pyridine rings is 1.